The van der Waals surface area contributed by atoms with Gasteiger partial charge in [0.1, 0.15) is 0 Å². The minimum absolute atomic E-state index is 0.0120. The second-order valence-electron chi connectivity index (χ2n) is 4.95. The van der Waals surface area contributed by atoms with Crippen LogP contribution in [0, 0.1) is 0 Å². The second-order valence-corrected chi connectivity index (χ2v) is 7.30. The van der Waals surface area contributed by atoms with Gasteiger partial charge in [0.2, 0.25) is 11.1 Å². The quantitative estimate of drug-likeness (QED) is 0.665. The summed E-state index contributed by atoms with van der Waals surface area (Å²) >= 11 is 8.89. The second kappa shape index (κ2) is 7.78. The third-order valence-corrected chi connectivity index (χ3v) is 5.38. The van der Waals surface area contributed by atoms with Gasteiger partial charge < -0.3 is 5.32 Å². The van der Waals surface area contributed by atoms with E-state index < -0.39 is 0 Å². The van der Waals surface area contributed by atoms with E-state index in [9.17, 15) is 4.79 Å². The molecule has 1 aromatic carbocycles. The highest BCUT2D eigenvalue weighted by atomic mass is 35.5. The Kier molecular flexibility index (Phi) is 5.49. The van der Waals surface area contributed by atoms with Crippen LogP contribution < -0.4 is 5.32 Å². The number of hydrogen-bond acceptors (Lipinski definition) is 6. The number of nitrogens with zero attached hydrogens (tertiary/aromatic N) is 4. The van der Waals surface area contributed by atoms with Crippen molar-refractivity contribution < 1.29 is 4.79 Å². The van der Waals surface area contributed by atoms with Gasteiger partial charge >= 0.3 is 0 Å². The number of carbonyl (C=O) groups excluding carboxylic acids is 1. The van der Waals surface area contributed by atoms with Crippen molar-refractivity contribution >= 4 is 40.6 Å². The summed E-state index contributed by atoms with van der Waals surface area (Å²) in [4.78, 5) is 13.2. The Bertz CT molecular complexity index is 821. The monoisotopic (exact) mass is 379 g/mol. The molecule has 24 heavy (non-hydrogen) atoms. The molecule has 0 fully saturated rings. The van der Waals surface area contributed by atoms with Crippen LogP contribution in [0.5, 0.6) is 0 Å². The lowest BCUT2D eigenvalue weighted by molar-refractivity contribution is -0.119. The molecule has 2 heterocycles. The van der Waals surface area contributed by atoms with E-state index in [2.05, 4.69) is 20.8 Å². The number of benzene rings is 1. The number of halogens is 1. The summed E-state index contributed by atoms with van der Waals surface area (Å²) in [5.41, 5.74) is 0.752. The molecular formula is C15H14ClN5OS2. The summed E-state index contributed by atoms with van der Waals surface area (Å²) in [7, 11) is 0. The first-order valence-corrected chi connectivity index (χ1v) is 9.37. The highest BCUT2D eigenvalue weighted by molar-refractivity contribution is 7.99. The molecule has 1 N–H and O–H groups in total. The van der Waals surface area contributed by atoms with Crippen LogP contribution in [-0.4, -0.2) is 31.9 Å². The van der Waals surface area contributed by atoms with Gasteiger partial charge in [-0.3, -0.25) is 4.79 Å². The molecule has 3 aromatic rings. The van der Waals surface area contributed by atoms with E-state index in [0.29, 0.717) is 10.2 Å². The number of nitrogens with one attached hydrogen (secondary N) is 1. The van der Waals surface area contributed by atoms with Gasteiger partial charge in [0.25, 0.3) is 0 Å². The molecule has 0 aliphatic carbocycles. The minimum Gasteiger partial charge on any atom is -0.348 e. The smallest absolute Gasteiger partial charge is 0.230 e. The van der Waals surface area contributed by atoms with E-state index >= 15 is 0 Å². The SMILES string of the molecule is C[C@H](NC(=O)CSc1nnnn1-c1cccc(Cl)c1)c1cccs1. The number of thioether (sulfide) groups is 1. The van der Waals surface area contributed by atoms with Gasteiger partial charge in [-0.25, -0.2) is 0 Å². The summed E-state index contributed by atoms with van der Waals surface area (Å²) in [6.07, 6.45) is 0. The molecule has 0 spiro atoms. The maximum absolute atomic E-state index is 12.1. The zero-order valence-electron chi connectivity index (χ0n) is 12.7. The first-order chi connectivity index (χ1) is 11.6. The lowest BCUT2D eigenvalue weighted by atomic mass is 10.3. The van der Waals surface area contributed by atoms with Crippen LogP contribution in [0.2, 0.25) is 5.02 Å². The van der Waals surface area contributed by atoms with Gasteiger partial charge in [-0.1, -0.05) is 35.5 Å². The summed E-state index contributed by atoms with van der Waals surface area (Å²) in [6.45, 7) is 1.96. The van der Waals surface area contributed by atoms with E-state index in [-0.39, 0.29) is 17.7 Å². The van der Waals surface area contributed by atoms with Crippen molar-refractivity contribution in [2.45, 2.75) is 18.1 Å². The Morgan fingerprint density at radius 3 is 3.04 bits per heavy atom. The number of carbonyl (C=O) groups is 1. The van der Waals surface area contributed by atoms with Crippen molar-refractivity contribution in [2.75, 3.05) is 5.75 Å². The molecule has 9 heteroatoms. The third kappa shape index (κ3) is 4.14. The predicted octanol–water partition coefficient (Wildman–Crippen LogP) is 3.35. The fourth-order valence-electron chi connectivity index (χ4n) is 2.06. The molecule has 1 atom stereocenters. The van der Waals surface area contributed by atoms with E-state index in [1.54, 1.807) is 28.2 Å². The number of hydrogen-bond donors (Lipinski definition) is 1. The lowest BCUT2D eigenvalue weighted by Crippen LogP contribution is -2.27. The van der Waals surface area contributed by atoms with E-state index in [4.69, 9.17) is 11.6 Å². The highest BCUT2D eigenvalue weighted by Crippen LogP contribution is 2.21. The number of thiophene rings is 1. The van der Waals surface area contributed by atoms with Crippen LogP contribution in [0.4, 0.5) is 0 Å². The van der Waals surface area contributed by atoms with Crippen LogP contribution in [0.3, 0.4) is 0 Å². The van der Waals surface area contributed by atoms with Gasteiger partial charge in [-0.2, -0.15) is 4.68 Å². The standard InChI is InChI=1S/C15H14ClN5OS2/c1-10(13-6-3-7-23-13)17-14(22)9-24-15-18-19-20-21(15)12-5-2-4-11(16)8-12/h2-8,10H,9H2,1H3,(H,17,22)/t10-/m0/s1. The zero-order valence-corrected chi connectivity index (χ0v) is 15.1. The first-order valence-electron chi connectivity index (χ1n) is 7.13. The minimum atomic E-state index is -0.0680. The number of rotatable bonds is 6. The fourth-order valence-corrected chi connectivity index (χ4v) is 3.68. The summed E-state index contributed by atoms with van der Waals surface area (Å²) in [5.74, 6) is 0.165. The largest absolute Gasteiger partial charge is 0.348 e. The maximum atomic E-state index is 12.1. The zero-order chi connectivity index (χ0) is 16.9. The van der Waals surface area contributed by atoms with Crippen LogP contribution in [0.25, 0.3) is 5.69 Å². The molecule has 1 amide bonds. The average Bonchev–Trinajstić information content (AvgIpc) is 3.24. The number of amides is 1. The van der Waals surface area contributed by atoms with Crippen molar-refractivity contribution in [3.63, 3.8) is 0 Å². The molecule has 3 rings (SSSR count). The molecule has 124 valence electrons. The Balaban J connectivity index is 1.61. The van der Waals surface area contributed by atoms with Crippen molar-refractivity contribution in [1.29, 1.82) is 0 Å². The van der Waals surface area contributed by atoms with Gasteiger partial charge in [0, 0.05) is 9.90 Å². The number of tetrazole rings is 1. The van der Waals surface area contributed by atoms with Crippen molar-refractivity contribution in [3.8, 4) is 5.69 Å². The van der Waals surface area contributed by atoms with Gasteiger partial charge in [-0.05, 0) is 47.0 Å². The molecule has 0 unspecified atom stereocenters. The lowest BCUT2D eigenvalue weighted by Gasteiger charge is -2.11. The molecule has 0 radical (unpaired) electrons. The summed E-state index contributed by atoms with van der Waals surface area (Å²) in [5, 5.41) is 17.7. The Hall–Kier alpha value is -1.90. The van der Waals surface area contributed by atoms with Crippen molar-refractivity contribution in [2.24, 2.45) is 0 Å². The van der Waals surface area contributed by atoms with Crippen molar-refractivity contribution in [1.82, 2.24) is 25.5 Å². The van der Waals surface area contributed by atoms with Crippen LogP contribution >= 0.6 is 34.7 Å². The Morgan fingerprint density at radius 1 is 1.42 bits per heavy atom. The molecule has 0 aliphatic heterocycles. The summed E-state index contributed by atoms with van der Waals surface area (Å²) < 4.78 is 1.56. The van der Waals surface area contributed by atoms with E-state index in [1.165, 1.54) is 11.8 Å². The molecule has 0 saturated carbocycles. The topological polar surface area (TPSA) is 72.7 Å². The van der Waals surface area contributed by atoms with Crippen LogP contribution in [0.1, 0.15) is 17.8 Å². The average molecular weight is 380 g/mol. The van der Waals surface area contributed by atoms with E-state index in [0.717, 1.165) is 10.6 Å². The molecule has 0 aliphatic rings. The highest BCUT2D eigenvalue weighted by Gasteiger charge is 2.14. The predicted molar refractivity (Wildman–Crippen MR) is 95.8 cm³/mol. The Morgan fingerprint density at radius 2 is 2.29 bits per heavy atom. The van der Waals surface area contributed by atoms with Gasteiger partial charge in [0.05, 0.1) is 17.5 Å². The van der Waals surface area contributed by atoms with Crippen LogP contribution in [0.15, 0.2) is 46.9 Å². The molecular weight excluding hydrogens is 366 g/mol. The maximum Gasteiger partial charge on any atom is 0.230 e. The van der Waals surface area contributed by atoms with Gasteiger partial charge in [0.15, 0.2) is 0 Å². The van der Waals surface area contributed by atoms with Gasteiger partial charge in [-0.15, -0.1) is 16.4 Å². The fraction of sp³-hybridized carbons (Fsp3) is 0.200. The Labute approximate surface area is 152 Å². The molecule has 6 nitrogen and oxygen atoms in total. The molecule has 0 saturated heterocycles. The summed E-state index contributed by atoms with van der Waals surface area (Å²) in [6, 6.07) is 11.2. The third-order valence-electron chi connectivity index (χ3n) is 3.17. The molecule has 2 aromatic heterocycles. The number of aromatic nitrogens is 4. The first kappa shape index (κ1) is 16.9. The van der Waals surface area contributed by atoms with Crippen LogP contribution in [-0.2, 0) is 4.79 Å². The van der Waals surface area contributed by atoms with Crippen molar-refractivity contribution in [3.05, 3.63) is 51.7 Å². The molecule has 0 bridgehead atoms. The normalized spacial score (nSPS) is 12.1. The van der Waals surface area contributed by atoms with E-state index in [1.807, 2.05) is 36.6 Å².